The van der Waals surface area contributed by atoms with Gasteiger partial charge in [0.2, 0.25) is 0 Å². The molecule has 1 aliphatic heterocycles. The van der Waals surface area contributed by atoms with E-state index >= 15 is 0 Å². The molecule has 0 atom stereocenters. The number of rotatable bonds is 3. The summed E-state index contributed by atoms with van der Waals surface area (Å²) in [4.78, 5) is 22.8. The molecular formula is C13H9ClFN3O3S. The van der Waals surface area contributed by atoms with Gasteiger partial charge in [-0.05, 0) is 30.0 Å². The van der Waals surface area contributed by atoms with E-state index in [2.05, 4.69) is 20.3 Å². The van der Waals surface area contributed by atoms with Crippen molar-refractivity contribution in [3.63, 3.8) is 0 Å². The molecule has 9 heteroatoms. The average Bonchev–Trinajstić information content (AvgIpc) is 2.82. The molecule has 0 unspecified atom stereocenters. The van der Waals surface area contributed by atoms with E-state index in [1.165, 1.54) is 31.5 Å². The number of esters is 1. The number of nitrogens with zero attached hydrogens (tertiary/aromatic N) is 2. The Labute approximate surface area is 134 Å². The highest BCUT2D eigenvalue weighted by molar-refractivity contribution is 8.18. The number of hydrogen-bond donors (Lipinski definition) is 1. The van der Waals surface area contributed by atoms with Gasteiger partial charge in [-0.3, -0.25) is 10.1 Å². The normalized spacial score (nSPS) is 18.2. The largest absolute Gasteiger partial charge is 0.466 e. The predicted octanol–water partition coefficient (Wildman–Crippen LogP) is 2.09. The zero-order chi connectivity index (χ0) is 16.1. The molecule has 0 radical (unpaired) electrons. The van der Waals surface area contributed by atoms with Crippen LogP contribution >= 0.6 is 23.4 Å². The highest BCUT2D eigenvalue weighted by Gasteiger charge is 2.24. The minimum atomic E-state index is -0.650. The van der Waals surface area contributed by atoms with Gasteiger partial charge in [-0.15, -0.1) is 5.10 Å². The molecule has 2 rings (SSSR count). The van der Waals surface area contributed by atoms with Crippen molar-refractivity contribution in [3.8, 4) is 0 Å². The fraction of sp³-hybridized carbons (Fsp3) is 0.0769. The maximum Gasteiger partial charge on any atom is 0.331 e. The fourth-order valence-electron chi connectivity index (χ4n) is 1.40. The quantitative estimate of drug-likeness (QED) is 0.395. The van der Waals surface area contributed by atoms with Crippen LogP contribution in [0, 0.1) is 5.82 Å². The summed E-state index contributed by atoms with van der Waals surface area (Å²) in [6.07, 6.45) is 2.21. The van der Waals surface area contributed by atoms with Gasteiger partial charge in [0.25, 0.3) is 5.91 Å². The third-order valence-electron chi connectivity index (χ3n) is 2.40. The number of amides is 1. The Morgan fingerprint density at radius 3 is 3.00 bits per heavy atom. The molecule has 1 aromatic carbocycles. The van der Waals surface area contributed by atoms with Crippen LogP contribution in [0.3, 0.4) is 0 Å². The van der Waals surface area contributed by atoms with Crippen LogP contribution in [0.15, 0.2) is 39.4 Å². The maximum atomic E-state index is 13.4. The first kappa shape index (κ1) is 16.2. The van der Waals surface area contributed by atoms with Crippen molar-refractivity contribution in [2.24, 2.45) is 10.2 Å². The molecule has 1 aromatic rings. The molecule has 0 aromatic heterocycles. The fourth-order valence-corrected chi connectivity index (χ4v) is 2.32. The van der Waals surface area contributed by atoms with E-state index in [1.807, 2.05) is 0 Å². The predicted molar refractivity (Wildman–Crippen MR) is 82.3 cm³/mol. The summed E-state index contributed by atoms with van der Waals surface area (Å²) in [7, 11) is 1.20. The minimum Gasteiger partial charge on any atom is -0.466 e. The summed E-state index contributed by atoms with van der Waals surface area (Å²) < 4.78 is 17.9. The molecule has 22 heavy (non-hydrogen) atoms. The second-order valence-corrected chi connectivity index (χ2v) is 5.37. The summed E-state index contributed by atoms with van der Waals surface area (Å²) in [6, 6.07) is 4.01. The van der Waals surface area contributed by atoms with Crippen molar-refractivity contribution in [1.82, 2.24) is 5.32 Å². The Kier molecular flexibility index (Phi) is 5.29. The van der Waals surface area contributed by atoms with Crippen molar-refractivity contribution in [2.45, 2.75) is 0 Å². The third kappa shape index (κ3) is 4.15. The molecule has 114 valence electrons. The van der Waals surface area contributed by atoms with E-state index in [4.69, 9.17) is 11.6 Å². The smallest absolute Gasteiger partial charge is 0.331 e. The Balaban J connectivity index is 2.10. The van der Waals surface area contributed by atoms with Crippen LogP contribution in [0.4, 0.5) is 4.39 Å². The number of thioether (sulfide) groups is 1. The van der Waals surface area contributed by atoms with E-state index in [0.29, 0.717) is 5.02 Å². The number of carbonyl (C=O) groups is 2. The Hall–Kier alpha value is -2.19. The topological polar surface area (TPSA) is 80.1 Å². The van der Waals surface area contributed by atoms with E-state index in [-0.39, 0.29) is 15.6 Å². The van der Waals surface area contributed by atoms with E-state index in [0.717, 1.165) is 17.8 Å². The number of benzene rings is 1. The Bertz CT molecular complexity index is 718. The van der Waals surface area contributed by atoms with Crippen LogP contribution in [-0.4, -0.2) is 30.4 Å². The zero-order valence-corrected chi connectivity index (χ0v) is 12.7. The first-order chi connectivity index (χ1) is 10.5. The summed E-state index contributed by atoms with van der Waals surface area (Å²) >= 11 is 6.67. The number of halogens is 2. The van der Waals surface area contributed by atoms with Gasteiger partial charge in [0.1, 0.15) is 5.82 Å². The van der Waals surface area contributed by atoms with Gasteiger partial charge in [-0.25, -0.2) is 9.18 Å². The van der Waals surface area contributed by atoms with Crippen molar-refractivity contribution in [3.05, 3.63) is 45.6 Å². The molecule has 0 spiro atoms. The molecule has 1 amide bonds. The van der Waals surface area contributed by atoms with Crippen molar-refractivity contribution >= 4 is 46.6 Å². The Morgan fingerprint density at radius 1 is 1.50 bits per heavy atom. The SMILES string of the molecule is COC(=O)/C=C1/S/C(=N\N=Cc2cc(Cl)ccc2F)NC1=O. The summed E-state index contributed by atoms with van der Waals surface area (Å²) in [5.41, 5.74) is 0.163. The van der Waals surface area contributed by atoms with Crippen molar-refractivity contribution in [1.29, 1.82) is 0 Å². The number of hydrogen-bond acceptors (Lipinski definition) is 6. The maximum absolute atomic E-state index is 13.4. The van der Waals surface area contributed by atoms with Crippen LogP contribution in [0.5, 0.6) is 0 Å². The van der Waals surface area contributed by atoms with Crippen LogP contribution in [-0.2, 0) is 14.3 Å². The highest BCUT2D eigenvalue weighted by Crippen LogP contribution is 2.23. The van der Waals surface area contributed by atoms with Crippen molar-refractivity contribution in [2.75, 3.05) is 7.11 Å². The van der Waals surface area contributed by atoms with Gasteiger partial charge in [0.15, 0.2) is 5.17 Å². The summed E-state index contributed by atoms with van der Waals surface area (Å²) in [6.45, 7) is 0. The molecule has 0 saturated carbocycles. The van der Waals surface area contributed by atoms with Gasteiger partial charge in [0, 0.05) is 16.7 Å². The van der Waals surface area contributed by atoms with Gasteiger partial charge in [0.05, 0.1) is 18.2 Å². The number of methoxy groups -OCH3 is 1. The van der Waals surface area contributed by atoms with E-state index in [1.54, 1.807) is 0 Å². The molecule has 1 fully saturated rings. The number of carbonyl (C=O) groups excluding carboxylic acids is 2. The second-order valence-electron chi connectivity index (χ2n) is 3.90. The third-order valence-corrected chi connectivity index (χ3v) is 3.54. The lowest BCUT2D eigenvalue weighted by Crippen LogP contribution is -2.19. The van der Waals surface area contributed by atoms with Crippen LogP contribution in [0.25, 0.3) is 0 Å². The van der Waals surface area contributed by atoms with Gasteiger partial charge in [-0.2, -0.15) is 5.10 Å². The minimum absolute atomic E-state index is 0.134. The standard InChI is InChI=1S/C13H9ClFN3O3S/c1-21-11(19)5-10-12(20)17-13(22-10)18-16-6-7-4-8(14)2-3-9(7)15/h2-6H,1H3,(H,17,18,20)/b10-5+,16-6?. The zero-order valence-electron chi connectivity index (χ0n) is 11.2. The highest BCUT2D eigenvalue weighted by atomic mass is 35.5. The molecule has 0 bridgehead atoms. The number of ether oxygens (including phenoxy) is 1. The first-order valence-electron chi connectivity index (χ1n) is 5.84. The molecule has 1 heterocycles. The van der Waals surface area contributed by atoms with Crippen molar-refractivity contribution < 1.29 is 18.7 Å². The molecule has 1 N–H and O–H groups in total. The van der Waals surface area contributed by atoms with Crippen LogP contribution in [0.1, 0.15) is 5.56 Å². The average molecular weight is 342 g/mol. The monoisotopic (exact) mass is 341 g/mol. The molecule has 1 saturated heterocycles. The number of amidine groups is 1. The molecule has 1 aliphatic rings. The van der Waals surface area contributed by atoms with Crippen LogP contribution in [0.2, 0.25) is 5.02 Å². The molecular weight excluding hydrogens is 333 g/mol. The number of nitrogens with one attached hydrogen (secondary N) is 1. The van der Waals surface area contributed by atoms with Gasteiger partial charge < -0.3 is 4.74 Å². The molecule has 0 aliphatic carbocycles. The summed E-state index contributed by atoms with van der Waals surface area (Å²) in [5, 5.41) is 10.4. The van der Waals surface area contributed by atoms with Gasteiger partial charge in [-0.1, -0.05) is 11.6 Å². The van der Waals surface area contributed by atoms with Gasteiger partial charge >= 0.3 is 5.97 Å². The van der Waals surface area contributed by atoms with E-state index < -0.39 is 17.7 Å². The Morgan fingerprint density at radius 2 is 2.27 bits per heavy atom. The lowest BCUT2D eigenvalue weighted by molar-refractivity contribution is -0.135. The van der Waals surface area contributed by atoms with E-state index in [9.17, 15) is 14.0 Å². The summed E-state index contributed by atoms with van der Waals surface area (Å²) in [5.74, 6) is -1.63. The molecule has 6 nitrogen and oxygen atoms in total. The first-order valence-corrected chi connectivity index (χ1v) is 7.04. The lowest BCUT2D eigenvalue weighted by atomic mass is 10.2. The van der Waals surface area contributed by atoms with Crippen LogP contribution < -0.4 is 5.32 Å². The lowest BCUT2D eigenvalue weighted by Gasteiger charge is -1.95. The second kappa shape index (κ2) is 7.19.